The van der Waals surface area contributed by atoms with Crippen molar-refractivity contribution in [2.75, 3.05) is 40.0 Å². The lowest BCUT2D eigenvalue weighted by Gasteiger charge is -2.18. The number of hydrogen-bond donors (Lipinski definition) is 1. The number of likely N-dealkylation sites (N-methyl/N-ethyl adjacent to an activating group) is 1. The number of amides is 1. The summed E-state index contributed by atoms with van der Waals surface area (Å²) in [4.78, 5) is 15.6. The molecule has 0 spiro atoms. The fourth-order valence-corrected chi connectivity index (χ4v) is 1.47. The Morgan fingerprint density at radius 3 is 2.65 bits per heavy atom. The highest BCUT2D eigenvalue weighted by molar-refractivity contribution is 5.75. The quantitative estimate of drug-likeness (QED) is 0.751. The maximum absolute atomic E-state index is 11.8. The molecular weight excluding hydrogens is 218 g/mol. The normalized spacial score (nSPS) is 10.8. The highest BCUT2D eigenvalue weighted by atomic mass is 16.2. The third-order valence-corrected chi connectivity index (χ3v) is 2.48. The number of rotatable bonds is 6. The average molecular weight is 239 g/mol. The van der Waals surface area contributed by atoms with Crippen LogP contribution in [0, 0.1) is 0 Å². The van der Waals surface area contributed by atoms with E-state index in [9.17, 15) is 4.79 Å². The van der Waals surface area contributed by atoms with Crippen LogP contribution in [0.2, 0.25) is 0 Å². The van der Waals surface area contributed by atoms with E-state index in [1.165, 1.54) is 0 Å². The predicted octanol–water partition coefficient (Wildman–Crippen LogP) is -0.125. The van der Waals surface area contributed by atoms with Crippen LogP contribution in [0.15, 0.2) is 12.4 Å². The molecule has 0 aliphatic rings. The minimum Gasteiger partial charge on any atom is -0.396 e. The maximum Gasteiger partial charge on any atom is 0.244 e. The molecule has 0 fully saturated rings. The molecule has 0 saturated heterocycles. The van der Waals surface area contributed by atoms with Crippen molar-refractivity contribution in [2.45, 2.75) is 13.0 Å². The first-order valence-electron chi connectivity index (χ1n) is 5.65. The maximum atomic E-state index is 11.8. The van der Waals surface area contributed by atoms with Gasteiger partial charge in [0.1, 0.15) is 6.54 Å². The number of carbonyl (C=O) groups excluding carboxylic acids is 1. The highest BCUT2D eigenvalue weighted by Gasteiger charge is 2.09. The van der Waals surface area contributed by atoms with E-state index in [1.807, 2.05) is 21.1 Å². The molecule has 1 amide bonds. The second-order valence-electron chi connectivity index (χ2n) is 4.44. The van der Waals surface area contributed by atoms with Crippen LogP contribution in [0.4, 0.5) is 5.69 Å². The van der Waals surface area contributed by atoms with E-state index in [-0.39, 0.29) is 12.5 Å². The zero-order valence-electron chi connectivity index (χ0n) is 10.8. The van der Waals surface area contributed by atoms with Crippen molar-refractivity contribution in [3.8, 4) is 0 Å². The predicted molar refractivity (Wildman–Crippen MR) is 67.4 cm³/mol. The van der Waals surface area contributed by atoms with E-state index in [0.717, 1.165) is 19.5 Å². The lowest BCUT2D eigenvalue weighted by Crippen LogP contribution is -2.32. The second-order valence-corrected chi connectivity index (χ2v) is 4.44. The molecule has 6 nitrogen and oxygen atoms in total. The average Bonchev–Trinajstić information content (AvgIpc) is 2.63. The molecular formula is C11H21N5O. The van der Waals surface area contributed by atoms with Crippen molar-refractivity contribution in [3.05, 3.63) is 12.4 Å². The summed E-state index contributed by atoms with van der Waals surface area (Å²) in [5, 5.41) is 3.98. The third-order valence-electron chi connectivity index (χ3n) is 2.48. The molecule has 1 aromatic heterocycles. The summed E-state index contributed by atoms with van der Waals surface area (Å²) in [6, 6.07) is 0. The molecule has 0 saturated carbocycles. The van der Waals surface area contributed by atoms with E-state index >= 15 is 0 Å². The summed E-state index contributed by atoms with van der Waals surface area (Å²) in [7, 11) is 5.85. The van der Waals surface area contributed by atoms with E-state index in [0.29, 0.717) is 5.69 Å². The van der Waals surface area contributed by atoms with Gasteiger partial charge >= 0.3 is 0 Å². The Kier molecular flexibility index (Phi) is 4.96. The van der Waals surface area contributed by atoms with Gasteiger partial charge in [-0.25, -0.2) is 0 Å². The van der Waals surface area contributed by atoms with Gasteiger partial charge in [0.25, 0.3) is 0 Å². The molecule has 17 heavy (non-hydrogen) atoms. The topological polar surface area (TPSA) is 67.4 Å². The monoisotopic (exact) mass is 239 g/mol. The second kappa shape index (κ2) is 6.24. The van der Waals surface area contributed by atoms with Gasteiger partial charge in [-0.15, -0.1) is 0 Å². The Morgan fingerprint density at radius 2 is 2.12 bits per heavy atom. The standard InChI is InChI=1S/C11H21N5O/c1-14(2)5-4-6-15(3)11(17)9-16-8-10(12)7-13-16/h7-8H,4-6,9,12H2,1-3H3. The van der Waals surface area contributed by atoms with Crippen LogP contribution in [0.5, 0.6) is 0 Å². The lowest BCUT2D eigenvalue weighted by atomic mass is 10.3. The number of nitrogens with zero attached hydrogens (tertiary/aromatic N) is 4. The van der Waals surface area contributed by atoms with Crippen molar-refractivity contribution >= 4 is 11.6 Å². The lowest BCUT2D eigenvalue weighted by molar-refractivity contribution is -0.130. The molecule has 0 bridgehead atoms. The van der Waals surface area contributed by atoms with E-state index in [4.69, 9.17) is 5.73 Å². The Bertz CT molecular complexity index is 360. The first kappa shape index (κ1) is 13.5. The number of nitrogens with two attached hydrogens (primary N) is 1. The largest absolute Gasteiger partial charge is 0.396 e. The van der Waals surface area contributed by atoms with Gasteiger partial charge in [0.05, 0.1) is 11.9 Å². The van der Waals surface area contributed by atoms with Gasteiger partial charge < -0.3 is 15.5 Å². The number of aromatic nitrogens is 2. The van der Waals surface area contributed by atoms with Crippen molar-refractivity contribution in [2.24, 2.45) is 0 Å². The molecule has 1 heterocycles. The number of anilines is 1. The van der Waals surface area contributed by atoms with E-state index < -0.39 is 0 Å². The van der Waals surface area contributed by atoms with Crippen LogP contribution in [0.25, 0.3) is 0 Å². The summed E-state index contributed by atoms with van der Waals surface area (Å²) in [5.74, 6) is 0.0480. The SMILES string of the molecule is CN(C)CCCN(C)C(=O)Cn1cc(N)cn1. The zero-order valence-corrected chi connectivity index (χ0v) is 10.8. The molecule has 0 unspecified atom stereocenters. The first-order valence-corrected chi connectivity index (χ1v) is 5.65. The van der Waals surface area contributed by atoms with Crippen LogP contribution < -0.4 is 5.73 Å². The van der Waals surface area contributed by atoms with Crippen LogP contribution in [0.1, 0.15) is 6.42 Å². The van der Waals surface area contributed by atoms with Crippen molar-refractivity contribution in [1.82, 2.24) is 19.6 Å². The molecule has 1 rings (SSSR count). The minimum absolute atomic E-state index is 0.0480. The zero-order chi connectivity index (χ0) is 12.8. The number of hydrogen-bond acceptors (Lipinski definition) is 4. The molecule has 96 valence electrons. The fraction of sp³-hybridized carbons (Fsp3) is 0.636. The van der Waals surface area contributed by atoms with Crippen molar-refractivity contribution in [3.63, 3.8) is 0 Å². The van der Waals surface area contributed by atoms with E-state index in [2.05, 4.69) is 10.00 Å². The van der Waals surface area contributed by atoms with Crippen LogP contribution in [-0.4, -0.2) is 59.7 Å². The van der Waals surface area contributed by atoms with Gasteiger partial charge in [-0.2, -0.15) is 5.10 Å². The van der Waals surface area contributed by atoms with Gasteiger partial charge in [-0.3, -0.25) is 9.48 Å². The smallest absolute Gasteiger partial charge is 0.244 e. The molecule has 6 heteroatoms. The first-order chi connectivity index (χ1) is 7.99. The van der Waals surface area contributed by atoms with Gasteiger partial charge in [-0.05, 0) is 27.1 Å². The number of nitrogen functional groups attached to an aromatic ring is 1. The Labute approximate surface area is 102 Å². The van der Waals surface area contributed by atoms with Gasteiger partial charge in [0.15, 0.2) is 0 Å². The van der Waals surface area contributed by atoms with Crippen LogP contribution in [-0.2, 0) is 11.3 Å². The third kappa shape index (κ3) is 4.86. The Morgan fingerprint density at radius 1 is 1.41 bits per heavy atom. The van der Waals surface area contributed by atoms with E-state index in [1.54, 1.807) is 22.0 Å². The summed E-state index contributed by atoms with van der Waals surface area (Å²) >= 11 is 0. The van der Waals surface area contributed by atoms with Crippen molar-refractivity contribution < 1.29 is 4.79 Å². The molecule has 0 aliphatic carbocycles. The summed E-state index contributed by atoms with van der Waals surface area (Å²) in [6.45, 7) is 1.98. The van der Waals surface area contributed by atoms with Crippen LogP contribution >= 0.6 is 0 Å². The highest BCUT2D eigenvalue weighted by Crippen LogP contribution is 1.99. The molecule has 0 atom stereocenters. The fourth-order valence-electron chi connectivity index (χ4n) is 1.47. The van der Waals surface area contributed by atoms with Crippen LogP contribution in [0.3, 0.4) is 0 Å². The molecule has 0 aliphatic heterocycles. The minimum atomic E-state index is 0.0480. The molecule has 0 radical (unpaired) electrons. The molecule has 2 N–H and O–H groups in total. The summed E-state index contributed by atoms with van der Waals surface area (Å²) in [5.41, 5.74) is 6.11. The Hall–Kier alpha value is -1.56. The molecule has 1 aromatic rings. The van der Waals surface area contributed by atoms with Gasteiger partial charge in [0.2, 0.25) is 5.91 Å². The molecule has 0 aromatic carbocycles. The summed E-state index contributed by atoms with van der Waals surface area (Å²) < 4.78 is 1.56. The Balaban J connectivity index is 2.32. The van der Waals surface area contributed by atoms with Gasteiger partial charge in [0, 0.05) is 19.8 Å². The van der Waals surface area contributed by atoms with Gasteiger partial charge in [-0.1, -0.05) is 0 Å². The van der Waals surface area contributed by atoms with Crippen molar-refractivity contribution in [1.29, 1.82) is 0 Å². The summed E-state index contributed by atoms with van der Waals surface area (Å²) in [6.07, 6.45) is 4.17. The number of carbonyl (C=O) groups is 1.